The molecule has 0 heterocycles. The molecule has 0 spiro atoms. The highest BCUT2D eigenvalue weighted by molar-refractivity contribution is 6.43. The Morgan fingerprint density at radius 2 is 2.27 bits per heavy atom. The molecule has 0 fully saturated rings. The number of phenols is 1. The van der Waals surface area contributed by atoms with Gasteiger partial charge in [-0.25, -0.2) is 4.79 Å². The van der Waals surface area contributed by atoms with Crippen molar-refractivity contribution in [1.82, 2.24) is 0 Å². The van der Waals surface area contributed by atoms with Crippen molar-refractivity contribution in [2.45, 2.75) is 6.92 Å². The molecule has 4 nitrogen and oxygen atoms in total. The summed E-state index contributed by atoms with van der Waals surface area (Å²) >= 11 is 5.68. The first-order valence-corrected chi connectivity index (χ1v) is 4.68. The highest BCUT2D eigenvalue weighted by Gasteiger charge is 2.16. The molecule has 15 heavy (non-hydrogen) atoms. The highest BCUT2D eigenvalue weighted by atomic mass is 35.5. The zero-order valence-corrected chi connectivity index (χ0v) is 8.84. The minimum absolute atomic E-state index is 0.0703. The molecule has 0 bridgehead atoms. The first kappa shape index (κ1) is 11.5. The van der Waals surface area contributed by atoms with Gasteiger partial charge in [0.25, 0.3) is 0 Å². The summed E-state index contributed by atoms with van der Waals surface area (Å²) in [5, 5.41) is 17.2. The third kappa shape index (κ3) is 2.70. The molecule has 0 radical (unpaired) electrons. The summed E-state index contributed by atoms with van der Waals surface area (Å²) in [4.78, 5) is 11.2. The topological polar surface area (TPSA) is 70.4 Å². The Morgan fingerprint density at radius 1 is 1.60 bits per heavy atom. The van der Waals surface area contributed by atoms with E-state index in [-0.39, 0.29) is 17.9 Å². The predicted octanol–water partition coefficient (Wildman–Crippen LogP) is 1.98. The molecule has 0 unspecified atom stereocenters. The second-order valence-electron chi connectivity index (χ2n) is 2.76. The van der Waals surface area contributed by atoms with Crippen LogP contribution in [0.1, 0.15) is 12.5 Å². The van der Waals surface area contributed by atoms with Gasteiger partial charge in [-0.3, -0.25) is 5.41 Å². The normalized spacial score (nSPS) is 9.73. The molecule has 5 heteroatoms. The molecule has 1 rings (SSSR count). The molecular formula is C10H10ClNO3. The standard InChI is InChI=1S/C10H10ClNO3/c1-2-15-10(14)9(12)7-5-6(11)3-4-8(7)13/h3-5,12-13H,2H2,1H3. The number of carbonyl (C=O) groups excluding carboxylic acids is 1. The Hall–Kier alpha value is -1.55. The molecule has 80 valence electrons. The molecule has 0 saturated carbocycles. The van der Waals surface area contributed by atoms with Crippen LogP contribution in [-0.4, -0.2) is 23.4 Å². The van der Waals surface area contributed by atoms with Crippen LogP contribution in [0, 0.1) is 5.41 Å². The molecular weight excluding hydrogens is 218 g/mol. The SMILES string of the molecule is CCOC(=O)C(=N)c1cc(Cl)ccc1O. The van der Waals surface area contributed by atoms with E-state index in [1.165, 1.54) is 18.2 Å². The number of hydrogen-bond donors (Lipinski definition) is 2. The van der Waals surface area contributed by atoms with Gasteiger partial charge in [-0.2, -0.15) is 0 Å². The maximum absolute atomic E-state index is 11.2. The number of phenolic OH excluding ortho intramolecular Hbond substituents is 1. The zero-order chi connectivity index (χ0) is 11.4. The Kier molecular flexibility index (Phi) is 3.68. The van der Waals surface area contributed by atoms with E-state index < -0.39 is 11.7 Å². The number of carbonyl (C=O) groups is 1. The fraction of sp³-hybridized carbons (Fsp3) is 0.200. The molecule has 0 aliphatic rings. The highest BCUT2D eigenvalue weighted by Crippen LogP contribution is 2.22. The molecule has 0 aromatic heterocycles. The van der Waals surface area contributed by atoms with Crippen molar-refractivity contribution in [1.29, 1.82) is 5.41 Å². The van der Waals surface area contributed by atoms with Gasteiger partial charge in [0, 0.05) is 5.02 Å². The molecule has 2 N–H and O–H groups in total. The van der Waals surface area contributed by atoms with Gasteiger partial charge in [0.1, 0.15) is 5.75 Å². The summed E-state index contributed by atoms with van der Waals surface area (Å²) in [6, 6.07) is 4.14. The van der Waals surface area contributed by atoms with Gasteiger partial charge in [0.15, 0.2) is 5.71 Å². The summed E-state index contributed by atoms with van der Waals surface area (Å²) in [7, 11) is 0. The minimum atomic E-state index is -0.782. The first-order chi connectivity index (χ1) is 7.06. The smallest absolute Gasteiger partial charge is 0.356 e. The van der Waals surface area contributed by atoms with E-state index in [0.29, 0.717) is 5.02 Å². The van der Waals surface area contributed by atoms with Crippen molar-refractivity contribution in [2.24, 2.45) is 0 Å². The number of hydrogen-bond acceptors (Lipinski definition) is 4. The van der Waals surface area contributed by atoms with Crippen LogP contribution in [0.15, 0.2) is 18.2 Å². The van der Waals surface area contributed by atoms with E-state index in [2.05, 4.69) is 4.74 Å². The van der Waals surface area contributed by atoms with E-state index in [1.54, 1.807) is 6.92 Å². The predicted molar refractivity (Wildman–Crippen MR) is 56.6 cm³/mol. The van der Waals surface area contributed by atoms with Crippen molar-refractivity contribution >= 4 is 23.3 Å². The largest absolute Gasteiger partial charge is 0.507 e. The fourth-order valence-corrected chi connectivity index (χ4v) is 1.19. The lowest BCUT2D eigenvalue weighted by Crippen LogP contribution is -2.17. The van der Waals surface area contributed by atoms with Crippen LogP contribution >= 0.6 is 11.6 Å². The van der Waals surface area contributed by atoms with Gasteiger partial charge in [-0.1, -0.05) is 11.6 Å². The van der Waals surface area contributed by atoms with Crippen molar-refractivity contribution in [3.8, 4) is 5.75 Å². The number of halogens is 1. The summed E-state index contributed by atoms with van der Waals surface area (Å²) in [6.45, 7) is 1.82. The fourth-order valence-electron chi connectivity index (χ4n) is 1.02. The van der Waals surface area contributed by atoms with Crippen LogP contribution in [0.3, 0.4) is 0 Å². The third-order valence-electron chi connectivity index (χ3n) is 1.71. The lowest BCUT2D eigenvalue weighted by Gasteiger charge is -2.06. The zero-order valence-electron chi connectivity index (χ0n) is 8.08. The average Bonchev–Trinajstić information content (AvgIpc) is 2.21. The van der Waals surface area contributed by atoms with Crippen LogP contribution in [-0.2, 0) is 9.53 Å². The first-order valence-electron chi connectivity index (χ1n) is 4.30. The van der Waals surface area contributed by atoms with Crippen LogP contribution in [0.5, 0.6) is 5.75 Å². The average molecular weight is 228 g/mol. The van der Waals surface area contributed by atoms with E-state index in [1.807, 2.05) is 0 Å². The number of aromatic hydroxyl groups is 1. The minimum Gasteiger partial charge on any atom is -0.507 e. The van der Waals surface area contributed by atoms with Gasteiger partial charge < -0.3 is 9.84 Å². The molecule has 1 aromatic carbocycles. The molecule has 0 aliphatic carbocycles. The summed E-state index contributed by atoms with van der Waals surface area (Å²) < 4.78 is 4.64. The number of nitrogens with one attached hydrogen (secondary N) is 1. The number of rotatable bonds is 3. The Bertz CT molecular complexity index is 404. The maximum atomic E-state index is 11.2. The van der Waals surface area contributed by atoms with Crippen LogP contribution in [0.2, 0.25) is 5.02 Å². The number of benzene rings is 1. The van der Waals surface area contributed by atoms with Crippen LogP contribution < -0.4 is 0 Å². The van der Waals surface area contributed by atoms with Gasteiger partial charge in [0.2, 0.25) is 0 Å². The second-order valence-corrected chi connectivity index (χ2v) is 3.19. The molecule has 0 saturated heterocycles. The third-order valence-corrected chi connectivity index (χ3v) is 1.94. The van der Waals surface area contributed by atoms with Gasteiger partial charge >= 0.3 is 5.97 Å². The van der Waals surface area contributed by atoms with Gasteiger partial charge in [-0.15, -0.1) is 0 Å². The van der Waals surface area contributed by atoms with E-state index in [9.17, 15) is 9.90 Å². The quantitative estimate of drug-likeness (QED) is 0.613. The van der Waals surface area contributed by atoms with Crippen molar-refractivity contribution in [3.05, 3.63) is 28.8 Å². The van der Waals surface area contributed by atoms with Crippen LogP contribution in [0.4, 0.5) is 0 Å². The Balaban J connectivity index is 3.00. The van der Waals surface area contributed by atoms with Gasteiger partial charge in [0.05, 0.1) is 12.2 Å². The maximum Gasteiger partial charge on any atom is 0.356 e. The molecule has 0 atom stereocenters. The Labute approximate surface area is 91.9 Å². The van der Waals surface area contributed by atoms with E-state index >= 15 is 0 Å². The monoisotopic (exact) mass is 227 g/mol. The summed E-state index contributed by atoms with van der Waals surface area (Å²) in [6.07, 6.45) is 0. The summed E-state index contributed by atoms with van der Waals surface area (Å²) in [5.74, 6) is -0.951. The van der Waals surface area contributed by atoms with Crippen molar-refractivity contribution < 1.29 is 14.6 Å². The van der Waals surface area contributed by atoms with E-state index in [4.69, 9.17) is 17.0 Å². The second kappa shape index (κ2) is 4.79. The molecule has 1 aromatic rings. The van der Waals surface area contributed by atoms with E-state index in [0.717, 1.165) is 0 Å². The molecule has 0 amide bonds. The van der Waals surface area contributed by atoms with Crippen LogP contribution in [0.25, 0.3) is 0 Å². The molecule has 0 aliphatic heterocycles. The lowest BCUT2D eigenvalue weighted by molar-refractivity contribution is -0.135. The Morgan fingerprint density at radius 3 is 2.87 bits per heavy atom. The van der Waals surface area contributed by atoms with Crippen molar-refractivity contribution in [3.63, 3.8) is 0 Å². The lowest BCUT2D eigenvalue weighted by atomic mass is 10.1. The van der Waals surface area contributed by atoms with Gasteiger partial charge in [-0.05, 0) is 25.1 Å². The van der Waals surface area contributed by atoms with Crippen molar-refractivity contribution in [2.75, 3.05) is 6.61 Å². The number of ether oxygens (including phenoxy) is 1. The number of esters is 1. The summed E-state index contributed by atoms with van der Waals surface area (Å²) in [5.41, 5.74) is -0.335.